The van der Waals surface area contributed by atoms with Crippen molar-refractivity contribution < 1.29 is 4.79 Å². The van der Waals surface area contributed by atoms with Crippen molar-refractivity contribution in [2.75, 3.05) is 6.54 Å². The van der Waals surface area contributed by atoms with Gasteiger partial charge in [0, 0.05) is 42.8 Å². The van der Waals surface area contributed by atoms with Crippen LogP contribution >= 0.6 is 11.6 Å². The van der Waals surface area contributed by atoms with Crippen molar-refractivity contribution in [2.45, 2.75) is 25.8 Å². The molecule has 2 N–H and O–H groups in total. The number of fused-ring (bicyclic) bond motifs is 1. The molecule has 2 aromatic heterocycles. The Morgan fingerprint density at radius 3 is 3.04 bits per heavy atom. The number of para-hydroxylation sites is 1. The molecule has 5 nitrogen and oxygen atoms in total. The molecule has 0 saturated heterocycles. The Labute approximate surface area is 139 Å². The maximum Gasteiger partial charge on any atom is 0.220 e. The largest absolute Gasteiger partial charge is 0.361 e. The molecule has 2 heterocycles. The first-order chi connectivity index (χ1) is 11.2. The first-order valence-corrected chi connectivity index (χ1v) is 8.10. The highest BCUT2D eigenvalue weighted by Crippen LogP contribution is 2.18. The quantitative estimate of drug-likeness (QED) is 0.654. The maximum atomic E-state index is 11.9. The number of rotatable bonds is 7. The number of aromatic amines is 1. The molecule has 1 aromatic carbocycles. The third kappa shape index (κ3) is 4.13. The molecule has 0 aliphatic carbocycles. The summed E-state index contributed by atoms with van der Waals surface area (Å²) >= 11 is 5.80. The summed E-state index contributed by atoms with van der Waals surface area (Å²) in [5.74, 6) is 0.0776. The summed E-state index contributed by atoms with van der Waals surface area (Å²) in [5, 5.41) is 8.87. The summed E-state index contributed by atoms with van der Waals surface area (Å²) in [7, 11) is 0. The van der Waals surface area contributed by atoms with Gasteiger partial charge in [0.05, 0.1) is 11.2 Å². The van der Waals surface area contributed by atoms with E-state index in [-0.39, 0.29) is 5.91 Å². The molecule has 120 valence electrons. The normalized spacial score (nSPS) is 11.0. The fourth-order valence-corrected chi connectivity index (χ4v) is 2.76. The first kappa shape index (κ1) is 15.6. The van der Waals surface area contributed by atoms with Gasteiger partial charge in [-0.3, -0.25) is 9.48 Å². The van der Waals surface area contributed by atoms with Gasteiger partial charge >= 0.3 is 0 Å². The number of amides is 1. The molecular weight excluding hydrogens is 312 g/mol. The fraction of sp³-hybridized carbons (Fsp3) is 0.294. The highest BCUT2D eigenvalue weighted by Gasteiger charge is 2.06. The van der Waals surface area contributed by atoms with Gasteiger partial charge in [-0.1, -0.05) is 29.8 Å². The Morgan fingerprint density at radius 1 is 1.35 bits per heavy atom. The average Bonchev–Trinajstić information content (AvgIpc) is 3.16. The van der Waals surface area contributed by atoms with E-state index in [1.807, 2.05) is 24.4 Å². The Kier molecular flexibility index (Phi) is 4.98. The number of aromatic nitrogens is 3. The van der Waals surface area contributed by atoms with Crippen LogP contribution in [0.3, 0.4) is 0 Å². The molecule has 0 atom stereocenters. The average molecular weight is 331 g/mol. The van der Waals surface area contributed by atoms with Crippen molar-refractivity contribution in [3.8, 4) is 0 Å². The van der Waals surface area contributed by atoms with Crippen molar-refractivity contribution >= 4 is 28.4 Å². The summed E-state index contributed by atoms with van der Waals surface area (Å²) in [6, 6.07) is 8.14. The molecule has 0 radical (unpaired) electrons. The van der Waals surface area contributed by atoms with Crippen molar-refractivity contribution in [2.24, 2.45) is 0 Å². The van der Waals surface area contributed by atoms with Crippen LogP contribution in [0.5, 0.6) is 0 Å². The van der Waals surface area contributed by atoms with E-state index in [1.165, 1.54) is 10.9 Å². The maximum absolute atomic E-state index is 11.9. The minimum Gasteiger partial charge on any atom is -0.361 e. The van der Waals surface area contributed by atoms with Crippen LogP contribution < -0.4 is 5.32 Å². The van der Waals surface area contributed by atoms with Gasteiger partial charge in [-0.2, -0.15) is 5.10 Å². The number of nitrogens with zero attached hydrogens (tertiary/aromatic N) is 2. The summed E-state index contributed by atoms with van der Waals surface area (Å²) in [4.78, 5) is 15.2. The zero-order chi connectivity index (χ0) is 16.1. The van der Waals surface area contributed by atoms with Crippen LogP contribution in [0.4, 0.5) is 0 Å². The molecule has 1 amide bonds. The Balaban J connectivity index is 1.39. The van der Waals surface area contributed by atoms with Crippen molar-refractivity contribution in [3.63, 3.8) is 0 Å². The molecule has 0 aliphatic heterocycles. The number of hydrogen-bond donors (Lipinski definition) is 2. The molecule has 0 spiro atoms. The van der Waals surface area contributed by atoms with Crippen molar-refractivity contribution in [1.82, 2.24) is 20.1 Å². The standard InChI is InChI=1S/C17H19ClN4O/c18-14-11-21-22(12-14)9-3-8-19-17(23)7-6-13-10-20-16-5-2-1-4-15(13)16/h1-2,4-5,10-12,20H,3,6-9H2,(H,19,23). The molecule has 23 heavy (non-hydrogen) atoms. The lowest BCUT2D eigenvalue weighted by atomic mass is 10.1. The van der Waals surface area contributed by atoms with Gasteiger partial charge in [-0.15, -0.1) is 0 Å². The predicted molar refractivity (Wildman–Crippen MR) is 91.5 cm³/mol. The third-order valence-electron chi connectivity index (χ3n) is 3.78. The number of H-pyrrole nitrogens is 1. The molecule has 3 aromatic rings. The lowest BCUT2D eigenvalue weighted by Gasteiger charge is -2.05. The monoisotopic (exact) mass is 330 g/mol. The first-order valence-electron chi connectivity index (χ1n) is 7.72. The van der Waals surface area contributed by atoms with Crippen LogP contribution in [-0.2, 0) is 17.8 Å². The number of aryl methyl sites for hydroxylation is 2. The summed E-state index contributed by atoms with van der Waals surface area (Å²) in [6.07, 6.45) is 7.44. The Hall–Kier alpha value is -2.27. The zero-order valence-electron chi connectivity index (χ0n) is 12.8. The molecule has 6 heteroatoms. The number of nitrogens with one attached hydrogen (secondary N) is 2. The fourth-order valence-electron chi connectivity index (χ4n) is 2.60. The SMILES string of the molecule is O=C(CCc1c[nH]c2ccccc12)NCCCn1cc(Cl)cn1. The van der Waals surface area contributed by atoms with Gasteiger partial charge in [0.15, 0.2) is 0 Å². The van der Waals surface area contributed by atoms with Gasteiger partial charge in [0.25, 0.3) is 0 Å². The van der Waals surface area contributed by atoms with Gasteiger partial charge < -0.3 is 10.3 Å². The van der Waals surface area contributed by atoms with E-state index in [4.69, 9.17) is 11.6 Å². The van der Waals surface area contributed by atoms with Crippen LogP contribution in [0.25, 0.3) is 10.9 Å². The van der Waals surface area contributed by atoms with Crippen molar-refractivity contribution in [3.05, 3.63) is 53.4 Å². The minimum atomic E-state index is 0.0776. The van der Waals surface area contributed by atoms with Gasteiger partial charge in [-0.25, -0.2) is 0 Å². The van der Waals surface area contributed by atoms with Gasteiger partial charge in [0.1, 0.15) is 0 Å². The topological polar surface area (TPSA) is 62.7 Å². The predicted octanol–water partition coefficient (Wildman–Crippen LogP) is 3.16. The number of carbonyl (C=O) groups excluding carboxylic acids is 1. The van der Waals surface area contributed by atoms with E-state index in [2.05, 4.69) is 21.5 Å². The number of hydrogen-bond acceptors (Lipinski definition) is 2. The third-order valence-corrected chi connectivity index (χ3v) is 3.98. The van der Waals surface area contributed by atoms with E-state index < -0.39 is 0 Å². The highest BCUT2D eigenvalue weighted by molar-refractivity contribution is 6.30. The Morgan fingerprint density at radius 2 is 2.22 bits per heavy atom. The van der Waals surface area contributed by atoms with E-state index in [1.54, 1.807) is 17.1 Å². The van der Waals surface area contributed by atoms with E-state index in [0.29, 0.717) is 18.0 Å². The summed E-state index contributed by atoms with van der Waals surface area (Å²) < 4.78 is 1.78. The van der Waals surface area contributed by atoms with Crippen LogP contribution in [0.15, 0.2) is 42.9 Å². The van der Waals surface area contributed by atoms with E-state index in [9.17, 15) is 4.79 Å². The van der Waals surface area contributed by atoms with Crippen LogP contribution in [0.1, 0.15) is 18.4 Å². The summed E-state index contributed by atoms with van der Waals surface area (Å²) in [5.41, 5.74) is 2.29. The Bertz CT molecular complexity index is 793. The smallest absolute Gasteiger partial charge is 0.220 e. The van der Waals surface area contributed by atoms with Gasteiger partial charge in [-0.05, 0) is 24.5 Å². The molecule has 0 saturated carbocycles. The highest BCUT2D eigenvalue weighted by atomic mass is 35.5. The molecule has 0 aliphatic rings. The molecular formula is C17H19ClN4O. The lowest BCUT2D eigenvalue weighted by Crippen LogP contribution is -2.25. The number of halogens is 1. The van der Waals surface area contributed by atoms with Crippen LogP contribution in [0, 0.1) is 0 Å². The molecule has 0 fully saturated rings. The van der Waals surface area contributed by atoms with Crippen LogP contribution in [-0.4, -0.2) is 27.2 Å². The second-order valence-corrected chi connectivity index (χ2v) is 5.92. The molecule has 0 bridgehead atoms. The van der Waals surface area contributed by atoms with E-state index >= 15 is 0 Å². The van der Waals surface area contributed by atoms with Crippen LogP contribution in [0.2, 0.25) is 5.02 Å². The zero-order valence-corrected chi connectivity index (χ0v) is 13.5. The van der Waals surface area contributed by atoms with Gasteiger partial charge in [0.2, 0.25) is 5.91 Å². The minimum absolute atomic E-state index is 0.0776. The molecule has 0 unspecified atom stereocenters. The second kappa shape index (κ2) is 7.33. The lowest BCUT2D eigenvalue weighted by molar-refractivity contribution is -0.121. The molecule has 3 rings (SSSR count). The van der Waals surface area contributed by atoms with E-state index in [0.717, 1.165) is 24.9 Å². The second-order valence-electron chi connectivity index (χ2n) is 5.48. The van der Waals surface area contributed by atoms with Crippen molar-refractivity contribution in [1.29, 1.82) is 0 Å². The number of benzene rings is 1. The summed E-state index contributed by atoms with van der Waals surface area (Å²) in [6.45, 7) is 1.39. The number of carbonyl (C=O) groups is 1.